The Balaban J connectivity index is 2.14. The van der Waals surface area contributed by atoms with Crippen molar-refractivity contribution in [1.82, 2.24) is 0 Å². The standard InChI is InChI=1S/C13H20N2O4S/c1-9(16)12-7-11(15(17)18)13(20-12)14-5-3-10(4-6-14)8-19-2/h7,9-10,16H,3-6,8H2,1-2H3. The normalized spacial score (nSPS) is 18.2. The number of thiophene rings is 1. The lowest BCUT2D eigenvalue weighted by Gasteiger charge is -2.31. The zero-order chi connectivity index (χ0) is 14.7. The van der Waals surface area contributed by atoms with Gasteiger partial charge in [0, 0.05) is 37.7 Å². The first-order valence-corrected chi connectivity index (χ1v) is 7.54. The molecule has 1 aromatic rings. The fourth-order valence-electron chi connectivity index (χ4n) is 2.49. The molecule has 0 aliphatic carbocycles. The molecule has 1 fully saturated rings. The van der Waals surface area contributed by atoms with E-state index in [0.29, 0.717) is 15.8 Å². The summed E-state index contributed by atoms with van der Waals surface area (Å²) in [5.41, 5.74) is 0.107. The van der Waals surface area contributed by atoms with E-state index in [0.717, 1.165) is 32.5 Å². The van der Waals surface area contributed by atoms with E-state index in [1.807, 2.05) is 0 Å². The van der Waals surface area contributed by atoms with Gasteiger partial charge >= 0.3 is 5.69 Å². The molecule has 1 aliphatic rings. The van der Waals surface area contributed by atoms with Crippen LogP contribution >= 0.6 is 11.3 Å². The predicted molar refractivity (Wildman–Crippen MR) is 78.4 cm³/mol. The van der Waals surface area contributed by atoms with Crippen molar-refractivity contribution in [3.05, 3.63) is 21.1 Å². The predicted octanol–water partition coefficient (Wildman–Crippen LogP) is 2.57. The molecule has 1 atom stereocenters. The van der Waals surface area contributed by atoms with Gasteiger partial charge in [-0.2, -0.15) is 0 Å². The van der Waals surface area contributed by atoms with Gasteiger partial charge < -0.3 is 14.7 Å². The minimum absolute atomic E-state index is 0.107. The molecular weight excluding hydrogens is 280 g/mol. The second kappa shape index (κ2) is 6.51. The minimum atomic E-state index is -0.668. The van der Waals surface area contributed by atoms with Crippen LogP contribution in [0.25, 0.3) is 0 Å². The number of ether oxygens (including phenoxy) is 1. The Kier molecular flexibility index (Phi) is 4.95. The highest BCUT2D eigenvalue weighted by Crippen LogP contribution is 2.41. The fraction of sp³-hybridized carbons (Fsp3) is 0.692. The van der Waals surface area contributed by atoms with E-state index < -0.39 is 6.10 Å². The number of hydrogen-bond donors (Lipinski definition) is 1. The van der Waals surface area contributed by atoms with Crippen LogP contribution in [0.2, 0.25) is 0 Å². The summed E-state index contributed by atoms with van der Waals surface area (Å²) in [6.07, 6.45) is 1.29. The average Bonchev–Trinajstić information content (AvgIpc) is 2.85. The van der Waals surface area contributed by atoms with Crippen molar-refractivity contribution in [3.63, 3.8) is 0 Å². The van der Waals surface area contributed by atoms with Crippen molar-refractivity contribution < 1.29 is 14.8 Å². The third-order valence-corrected chi connectivity index (χ3v) is 4.98. The molecule has 0 spiro atoms. The third kappa shape index (κ3) is 3.28. The molecule has 0 saturated carbocycles. The Labute approximate surface area is 122 Å². The minimum Gasteiger partial charge on any atom is -0.388 e. The third-order valence-electron chi connectivity index (χ3n) is 3.63. The first-order chi connectivity index (χ1) is 9.52. The van der Waals surface area contributed by atoms with Gasteiger partial charge in [0.15, 0.2) is 5.00 Å². The molecule has 1 N–H and O–H groups in total. The summed E-state index contributed by atoms with van der Waals surface area (Å²) in [5.74, 6) is 0.534. The summed E-state index contributed by atoms with van der Waals surface area (Å²) >= 11 is 1.32. The maximum Gasteiger partial charge on any atom is 0.304 e. The quantitative estimate of drug-likeness (QED) is 0.668. The van der Waals surface area contributed by atoms with Gasteiger partial charge in [-0.15, -0.1) is 11.3 Å². The van der Waals surface area contributed by atoms with Crippen LogP contribution in [0.3, 0.4) is 0 Å². The van der Waals surface area contributed by atoms with Crippen molar-refractivity contribution >= 4 is 22.0 Å². The van der Waals surface area contributed by atoms with E-state index in [4.69, 9.17) is 4.74 Å². The van der Waals surface area contributed by atoms with Crippen LogP contribution in [0.1, 0.15) is 30.7 Å². The molecule has 0 radical (unpaired) electrons. The Morgan fingerprint density at radius 1 is 1.60 bits per heavy atom. The molecule has 2 heterocycles. The molecule has 20 heavy (non-hydrogen) atoms. The number of aliphatic hydroxyl groups excluding tert-OH is 1. The number of anilines is 1. The summed E-state index contributed by atoms with van der Waals surface area (Å²) in [6.45, 7) is 3.98. The van der Waals surface area contributed by atoms with E-state index in [1.54, 1.807) is 14.0 Å². The van der Waals surface area contributed by atoms with Gasteiger partial charge in [-0.1, -0.05) is 0 Å². The molecule has 0 aromatic carbocycles. The largest absolute Gasteiger partial charge is 0.388 e. The summed E-state index contributed by atoms with van der Waals surface area (Å²) in [6, 6.07) is 1.49. The first kappa shape index (κ1) is 15.2. The van der Waals surface area contributed by atoms with Crippen LogP contribution in [-0.4, -0.2) is 36.8 Å². The van der Waals surface area contributed by atoms with Crippen LogP contribution in [-0.2, 0) is 4.74 Å². The molecule has 112 valence electrons. The van der Waals surface area contributed by atoms with E-state index >= 15 is 0 Å². The number of hydrogen-bond acceptors (Lipinski definition) is 6. The smallest absolute Gasteiger partial charge is 0.304 e. The zero-order valence-electron chi connectivity index (χ0n) is 11.7. The molecule has 7 heteroatoms. The first-order valence-electron chi connectivity index (χ1n) is 6.73. The van der Waals surface area contributed by atoms with Gasteiger partial charge in [0.05, 0.1) is 11.0 Å². The number of aliphatic hydroxyl groups is 1. The van der Waals surface area contributed by atoms with Gasteiger partial charge in [0.25, 0.3) is 0 Å². The molecule has 1 aromatic heterocycles. The molecule has 2 rings (SSSR count). The molecule has 6 nitrogen and oxygen atoms in total. The summed E-state index contributed by atoms with van der Waals surface area (Å²) in [5, 5.41) is 21.4. The number of rotatable bonds is 5. The molecule has 0 bridgehead atoms. The van der Waals surface area contributed by atoms with Crippen molar-refractivity contribution in [2.45, 2.75) is 25.9 Å². The highest BCUT2D eigenvalue weighted by atomic mass is 32.1. The van der Waals surface area contributed by atoms with E-state index in [2.05, 4.69) is 4.90 Å². The zero-order valence-corrected chi connectivity index (χ0v) is 12.6. The second-order valence-electron chi connectivity index (χ2n) is 5.16. The number of methoxy groups -OCH3 is 1. The van der Waals surface area contributed by atoms with Crippen molar-refractivity contribution in [3.8, 4) is 0 Å². The van der Waals surface area contributed by atoms with Gasteiger partial charge in [-0.3, -0.25) is 10.1 Å². The molecule has 0 amide bonds. The topological polar surface area (TPSA) is 75.8 Å². The van der Waals surface area contributed by atoms with Gasteiger partial charge in [-0.25, -0.2) is 0 Å². The van der Waals surface area contributed by atoms with Crippen molar-refractivity contribution in [2.24, 2.45) is 5.92 Å². The number of nitro groups is 1. The second-order valence-corrected chi connectivity index (χ2v) is 6.22. The van der Waals surface area contributed by atoms with E-state index in [-0.39, 0.29) is 10.6 Å². The van der Waals surface area contributed by atoms with Crippen LogP contribution in [0.4, 0.5) is 10.7 Å². The van der Waals surface area contributed by atoms with Crippen LogP contribution < -0.4 is 4.90 Å². The van der Waals surface area contributed by atoms with Crippen LogP contribution in [0, 0.1) is 16.0 Å². The number of piperidine rings is 1. The molecular formula is C13H20N2O4S. The summed E-state index contributed by atoms with van der Waals surface area (Å²) in [7, 11) is 1.70. The van der Waals surface area contributed by atoms with Gasteiger partial charge in [0.2, 0.25) is 0 Å². The van der Waals surface area contributed by atoms with E-state index in [1.165, 1.54) is 17.4 Å². The monoisotopic (exact) mass is 300 g/mol. The Bertz CT molecular complexity index is 467. The van der Waals surface area contributed by atoms with Crippen molar-refractivity contribution in [1.29, 1.82) is 0 Å². The van der Waals surface area contributed by atoms with Crippen LogP contribution in [0.5, 0.6) is 0 Å². The van der Waals surface area contributed by atoms with E-state index in [9.17, 15) is 15.2 Å². The lowest BCUT2D eigenvalue weighted by molar-refractivity contribution is -0.383. The maximum absolute atomic E-state index is 11.2. The lowest BCUT2D eigenvalue weighted by atomic mass is 9.98. The Morgan fingerprint density at radius 2 is 2.25 bits per heavy atom. The van der Waals surface area contributed by atoms with Crippen LogP contribution in [0.15, 0.2) is 6.07 Å². The lowest BCUT2D eigenvalue weighted by Crippen LogP contribution is -2.34. The van der Waals surface area contributed by atoms with Gasteiger partial charge in [-0.05, 0) is 25.7 Å². The summed E-state index contributed by atoms with van der Waals surface area (Å²) in [4.78, 5) is 13.5. The maximum atomic E-state index is 11.2. The molecule has 1 aliphatic heterocycles. The average molecular weight is 300 g/mol. The Hall–Kier alpha value is -1.18. The molecule has 1 saturated heterocycles. The highest BCUT2D eigenvalue weighted by molar-refractivity contribution is 7.16. The van der Waals surface area contributed by atoms with Gasteiger partial charge in [0.1, 0.15) is 0 Å². The SMILES string of the molecule is COCC1CCN(c2sc(C(C)O)cc2[N+](=O)[O-])CC1. The fourth-order valence-corrected chi connectivity index (χ4v) is 3.61. The van der Waals surface area contributed by atoms with Crippen molar-refractivity contribution in [2.75, 3.05) is 31.7 Å². The molecule has 1 unspecified atom stereocenters. The summed E-state index contributed by atoms with van der Waals surface area (Å²) < 4.78 is 5.16. The Morgan fingerprint density at radius 3 is 2.75 bits per heavy atom. The number of nitrogens with zero attached hydrogens (tertiary/aromatic N) is 2. The highest BCUT2D eigenvalue weighted by Gasteiger charge is 2.28.